The minimum Gasteiger partial charge on any atom is -0.598 e. The van der Waals surface area contributed by atoms with Crippen LogP contribution in [0.1, 0.15) is 53.4 Å². The van der Waals surface area contributed by atoms with Gasteiger partial charge >= 0.3 is 6.09 Å². The van der Waals surface area contributed by atoms with E-state index in [2.05, 4.69) is 11.6 Å². The molecule has 2 aliphatic rings. The number of hydrogen-bond donors (Lipinski definition) is 2. The van der Waals surface area contributed by atoms with Gasteiger partial charge in [-0.15, -0.1) is 4.72 Å². The van der Waals surface area contributed by atoms with Gasteiger partial charge in [-0.3, -0.25) is 0 Å². The molecule has 0 spiro atoms. The molecule has 1 amide bonds. The Kier molecular flexibility index (Phi) is 7.01. The number of hydrogen-bond acceptors (Lipinski definition) is 5. The molecule has 0 aromatic rings. The van der Waals surface area contributed by atoms with Crippen molar-refractivity contribution in [2.75, 3.05) is 26.3 Å². The molecule has 2 saturated heterocycles. The monoisotopic (exact) mass is 376 g/mol. The third-order valence-corrected chi connectivity index (χ3v) is 6.66. The molecule has 0 aliphatic carbocycles. The summed E-state index contributed by atoms with van der Waals surface area (Å²) in [5.74, 6) is 0. The molecule has 2 N–H and O–H groups in total. The van der Waals surface area contributed by atoms with Crippen LogP contribution in [0.3, 0.4) is 0 Å². The molecular weight excluding hydrogens is 344 g/mol. The zero-order chi connectivity index (χ0) is 18.7. The summed E-state index contributed by atoms with van der Waals surface area (Å²) in [5.41, 5.74) is -0.226. The highest BCUT2D eigenvalue weighted by Crippen LogP contribution is 2.37. The van der Waals surface area contributed by atoms with Crippen LogP contribution in [0.2, 0.25) is 0 Å². The maximum atomic E-state index is 12.6. The largest absolute Gasteiger partial charge is 0.598 e. The summed E-state index contributed by atoms with van der Waals surface area (Å²) in [7, 11) is 0. The number of nitrogens with zero attached hydrogens (tertiary/aromatic N) is 1. The molecule has 2 aliphatic heterocycles. The van der Waals surface area contributed by atoms with E-state index in [9.17, 15) is 14.5 Å². The lowest BCUT2D eigenvalue weighted by Crippen LogP contribution is -2.52. The molecule has 0 bridgehead atoms. The van der Waals surface area contributed by atoms with Gasteiger partial charge in [0.25, 0.3) is 0 Å². The van der Waals surface area contributed by atoms with Crippen LogP contribution in [0.4, 0.5) is 4.79 Å². The van der Waals surface area contributed by atoms with Crippen LogP contribution < -0.4 is 4.72 Å². The second-order valence-corrected chi connectivity index (χ2v) is 10.3. The molecule has 3 atom stereocenters. The Morgan fingerprint density at radius 2 is 2.08 bits per heavy atom. The van der Waals surface area contributed by atoms with Crippen molar-refractivity contribution in [2.45, 2.75) is 70.5 Å². The molecule has 8 heteroatoms. The lowest BCUT2D eigenvalue weighted by atomic mass is 9.79. The van der Waals surface area contributed by atoms with Gasteiger partial charge in [0, 0.05) is 29.9 Å². The molecule has 2 fully saturated rings. The summed E-state index contributed by atoms with van der Waals surface area (Å²) in [6.45, 7) is 10.2. The molecular formula is C17H32N2O5S. The minimum atomic E-state index is -1.20. The van der Waals surface area contributed by atoms with Crippen LogP contribution in [-0.4, -0.2) is 64.0 Å². The summed E-state index contributed by atoms with van der Waals surface area (Å²) in [6, 6.07) is -0.0155. The minimum absolute atomic E-state index is 0.0155. The molecule has 0 aromatic carbocycles. The molecule has 7 nitrogen and oxygen atoms in total. The van der Waals surface area contributed by atoms with E-state index < -0.39 is 17.5 Å². The number of rotatable bonds is 7. The maximum Gasteiger partial charge on any atom is 0.407 e. The summed E-state index contributed by atoms with van der Waals surface area (Å²) in [5, 5.41) is 9.27. The second-order valence-electron chi connectivity index (χ2n) is 8.26. The predicted molar refractivity (Wildman–Crippen MR) is 96.7 cm³/mol. The summed E-state index contributed by atoms with van der Waals surface area (Å²) in [6.07, 6.45) is 2.25. The SMILES string of the molecule is CC(C)(C)[S+]([O-])N[C@@H](CCCC1OCCO1)[C@]1(C)CCN(C(=O)O)C1. The Bertz CT molecular complexity index is 453. The summed E-state index contributed by atoms with van der Waals surface area (Å²) in [4.78, 5) is 12.8. The van der Waals surface area contributed by atoms with Crippen molar-refractivity contribution in [2.24, 2.45) is 5.41 Å². The molecule has 0 saturated carbocycles. The quantitative estimate of drug-likeness (QED) is 0.663. The average molecular weight is 377 g/mol. The lowest BCUT2D eigenvalue weighted by Gasteiger charge is -2.37. The van der Waals surface area contributed by atoms with Gasteiger partial charge in [-0.05, 0) is 46.5 Å². The van der Waals surface area contributed by atoms with Gasteiger partial charge in [-0.1, -0.05) is 6.92 Å². The first-order valence-corrected chi connectivity index (χ1v) is 10.2. The van der Waals surface area contributed by atoms with Crippen molar-refractivity contribution in [1.82, 2.24) is 9.62 Å². The smallest absolute Gasteiger partial charge is 0.407 e. The Balaban J connectivity index is 1.99. The van der Waals surface area contributed by atoms with Gasteiger partial charge in [-0.25, -0.2) is 4.79 Å². The van der Waals surface area contributed by atoms with Crippen LogP contribution in [-0.2, 0) is 20.8 Å². The van der Waals surface area contributed by atoms with Gasteiger partial charge in [0.15, 0.2) is 6.29 Å². The van der Waals surface area contributed by atoms with Crippen molar-refractivity contribution in [3.8, 4) is 0 Å². The second kappa shape index (κ2) is 8.43. The van der Waals surface area contributed by atoms with Crippen molar-refractivity contribution in [3.05, 3.63) is 0 Å². The third kappa shape index (κ3) is 5.72. The molecule has 25 heavy (non-hydrogen) atoms. The molecule has 1 unspecified atom stereocenters. The fourth-order valence-corrected chi connectivity index (χ4v) is 4.36. The first-order valence-electron chi connectivity index (χ1n) is 9.01. The van der Waals surface area contributed by atoms with E-state index >= 15 is 0 Å². The van der Waals surface area contributed by atoms with Crippen LogP contribution in [0.15, 0.2) is 0 Å². The zero-order valence-corrected chi connectivity index (χ0v) is 16.6. The molecule has 0 radical (unpaired) electrons. The topological polar surface area (TPSA) is 94.1 Å². The Morgan fingerprint density at radius 3 is 2.60 bits per heavy atom. The number of nitrogens with one attached hydrogen (secondary N) is 1. The fourth-order valence-electron chi connectivity index (χ4n) is 3.35. The van der Waals surface area contributed by atoms with Crippen LogP contribution >= 0.6 is 0 Å². The third-order valence-electron chi connectivity index (χ3n) is 5.05. The highest BCUT2D eigenvalue weighted by atomic mass is 32.2. The molecule has 146 valence electrons. The van der Waals surface area contributed by atoms with Gasteiger partial charge in [-0.2, -0.15) is 0 Å². The highest BCUT2D eigenvalue weighted by molar-refractivity contribution is 7.90. The van der Waals surface area contributed by atoms with E-state index in [4.69, 9.17) is 9.47 Å². The van der Waals surface area contributed by atoms with E-state index in [1.165, 1.54) is 4.90 Å². The number of carbonyl (C=O) groups is 1. The lowest BCUT2D eigenvalue weighted by molar-refractivity contribution is -0.0486. The molecule has 0 aromatic heterocycles. The van der Waals surface area contributed by atoms with Crippen molar-refractivity contribution < 1.29 is 23.9 Å². The Morgan fingerprint density at radius 1 is 1.44 bits per heavy atom. The van der Waals surface area contributed by atoms with Crippen molar-refractivity contribution in [1.29, 1.82) is 0 Å². The first kappa shape index (κ1) is 20.8. The Hall–Kier alpha value is -0.540. The number of ether oxygens (including phenoxy) is 2. The fraction of sp³-hybridized carbons (Fsp3) is 0.941. The van der Waals surface area contributed by atoms with Gasteiger partial charge in [0.2, 0.25) is 0 Å². The maximum absolute atomic E-state index is 12.6. The van der Waals surface area contributed by atoms with E-state index in [0.717, 1.165) is 25.7 Å². The van der Waals surface area contributed by atoms with Gasteiger partial charge < -0.3 is 24.0 Å². The van der Waals surface area contributed by atoms with Crippen LogP contribution in [0.25, 0.3) is 0 Å². The zero-order valence-electron chi connectivity index (χ0n) is 15.7. The number of carboxylic acid groups (broad SMARTS) is 1. The Labute approximate surface area is 153 Å². The van der Waals surface area contributed by atoms with Crippen LogP contribution in [0, 0.1) is 5.41 Å². The standard InChI is InChI=1S/C17H32N2O5S/c1-16(2,3)25(22)18-13(6-5-7-14-23-10-11-24-14)17(4)8-9-19(12-17)15(20)21/h13-14,18H,5-12H2,1-4H3,(H,20,21)/t13-,17+,25?/m0/s1. The molecule has 2 heterocycles. The molecule has 2 rings (SSSR count). The number of amides is 1. The van der Waals surface area contributed by atoms with Gasteiger partial charge in [0.05, 0.1) is 19.3 Å². The number of likely N-dealkylation sites (tertiary alicyclic amines) is 1. The summed E-state index contributed by atoms with van der Waals surface area (Å²) < 4.78 is 26.5. The van der Waals surface area contributed by atoms with E-state index in [1.807, 2.05) is 20.8 Å². The van der Waals surface area contributed by atoms with E-state index in [-0.39, 0.29) is 22.5 Å². The van der Waals surface area contributed by atoms with Gasteiger partial charge in [0.1, 0.15) is 4.75 Å². The normalized spacial score (nSPS) is 27.6. The first-order chi connectivity index (χ1) is 11.6. The summed E-state index contributed by atoms with van der Waals surface area (Å²) >= 11 is -1.20. The van der Waals surface area contributed by atoms with Crippen molar-refractivity contribution in [3.63, 3.8) is 0 Å². The average Bonchev–Trinajstić information content (AvgIpc) is 3.15. The van der Waals surface area contributed by atoms with E-state index in [0.29, 0.717) is 26.3 Å². The van der Waals surface area contributed by atoms with Crippen LogP contribution in [0.5, 0.6) is 0 Å². The van der Waals surface area contributed by atoms with Crippen molar-refractivity contribution >= 4 is 17.5 Å². The predicted octanol–water partition coefficient (Wildman–Crippen LogP) is 2.34. The highest BCUT2D eigenvalue weighted by Gasteiger charge is 2.45. The van der Waals surface area contributed by atoms with E-state index in [1.54, 1.807) is 0 Å².